The lowest BCUT2D eigenvalue weighted by atomic mass is 10.2. The number of nitrogens with two attached hydrogens (primary N) is 1. The van der Waals surface area contributed by atoms with Gasteiger partial charge in [-0.15, -0.1) is 0 Å². The van der Waals surface area contributed by atoms with Gasteiger partial charge in [-0.25, -0.2) is 0 Å². The lowest BCUT2D eigenvalue weighted by molar-refractivity contribution is 0.0666. The summed E-state index contributed by atoms with van der Waals surface area (Å²) in [6.07, 6.45) is -0.540. The topological polar surface area (TPSA) is 71.2 Å². The minimum absolute atomic E-state index is 0.243. The normalized spacial score (nSPS) is 16.3. The number of hydrogen-bond donors (Lipinski definition) is 2. The fraction of sp³-hybridized carbons (Fsp3) is 0.400. The molecule has 1 aliphatic rings. The molecule has 140 valence electrons. The molecule has 1 aliphatic heterocycles. The summed E-state index contributed by atoms with van der Waals surface area (Å²) >= 11 is 0. The largest absolute Gasteiger partial charge is 0.497 e. The van der Waals surface area contributed by atoms with Crippen LogP contribution < -0.4 is 20.1 Å². The molecule has 6 nitrogen and oxygen atoms in total. The van der Waals surface area contributed by atoms with Crippen LogP contribution in [0.5, 0.6) is 11.5 Å². The summed E-state index contributed by atoms with van der Waals surface area (Å²) in [5.74, 6) is 1.49. The first-order chi connectivity index (χ1) is 12.7. The van der Waals surface area contributed by atoms with E-state index in [0.717, 1.165) is 31.9 Å². The van der Waals surface area contributed by atoms with Crippen molar-refractivity contribution in [3.05, 3.63) is 48.5 Å². The molecule has 0 aromatic heterocycles. The molecule has 1 atom stereocenters. The molecule has 0 bridgehead atoms. The highest BCUT2D eigenvalue weighted by Crippen LogP contribution is 2.21. The molecular weight excluding hydrogens is 330 g/mol. The molecule has 1 unspecified atom stereocenters. The number of para-hydroxylation sites is 2. The van der Waals surface area contributed by atoms with Gasteiger partial charge >= 0.3 is 0 Å². The Labute approximate surface area is 154 Å². The van der Waals surface area contributed by atoms with Gasteiger partial charge in [-0.3, -0.25) is 4.90 Å². The second-order valence-electron chi connectivity index (χ2n) is 6.49. The van der Waals surface area contributed by atoms with Gasteiger partial charge in [0.1, 0.15) is 24.2 Å². The maximum Gasteiger partial charge on any atom is 0.142 e. The van der Waals surface area contributed by atoms with Crippen LogP contribution >= 0.6 is 0 Å². The van der Waals surface area contributed by atoms with Gasteiger partial charge in [-0.2, -0.15) is 0 Å². The molecule has 1 saturated heterocycles. The summed E-state index contributed by atoms with van der Waals surface area (Å²) in [5.41, 5.74) is 7.64. The Morgan fingerprint density at radius 1 is 1.04 bits per heavy atom. The van der Waals surface area contributed by atoms with Gasteiger partial charge in [-0.1, -0.05) is 12.1 Å². The Morgan fingerprint density at radius 2 is 1.73 bits per heavy atom. The molecule has 3 N–H and O–H groups in total. The van der Waals surface area contributed by atoms with Crippen molar-refractivity contribution in [1.29, 1.82) is 0 Å². The summed E-state index contributed by atoms with van der Waals surface area (Å²) in [5, 5.41) is 10.3. The minimum Gasteiger partial charge on any atom is -0.497 e. The van der Waals surface area contributed by atoms with Gasteiger partial charge in [-0.05, 0) is 36.4 Å². The van der Waals surface area contributed by atoms with E-state index >= 15 is 0 Å². The number of nitrogen functional groups attached to an aromatic ring is 1. The fourth-order valence-corrected chi connectivity index (χ4v) is 3.13. The Kier molecular flexibility index (Phi) is 6.20. The SMILES string of the molecule is COc1ccc(N2CCN(CC(O)COc3ccccc3N)CC2)cc1. The predicted octanol–water partition coefficient (Wildman–Crippen LogP) is 1.84. The zero-order valence-electron chi connectivity index (χ0n) is 15.2. The van der Waals surface area contributed by atoms with Crippen LogP contribution in [0.15, 0.2) is 48.5 Å². The third-order valence-corrected chi connectivity index (χ3v) is 4.63. The molecule has 0 radical (unpaired) electrons. The van der Waals surface area contributed by atoms with Crippen LogP contribution in [0.2, 0.25) is 0 Å². The predicted molar refractivity (Wildman–Crippen MR) is 104 cm³/mol. The van der Waals surface area contributed by atoms with Crippen LogP contribution in [-0.4, -0.2) is 62.6 Å². The van der Waals surface area contributed by atoms with E-state index < -0.39 is 6.10 Å². The summed E-state index contributed by atoms with van der Waals surface area (Å²) < 4.78 is 10.8. The first-order valence-corrected chi connectivity index (χ1v) is 8.92. The van der Waals surface area contributed by atoms with Gasteiger partial charge in [0, 0.05) is 38.4 Å². The maximum atomic E-state index is 10.3. The number of hydrogen-bond acceptors (Lipinski definition) is 6. The van der Waals surface area contributed by atoms with Gasteiger partial charge in [0.2, 0.25) is 0 Å². The van der Waals surface area contributed by atoms with E-state index in [2.05, 4.69) is 21.9 Å². The van der Waals surface area contributed by atoms with E-state index in [9.17, 15) is 5.11 Å². The number of aliphatic hydroxyl groups excluding tert-OH is 1. The summed E-state index contributed by atoms with van der Waals surface area (Å²) in [6.45, 7) is 4.54. The van der Waals surface area contributed by atoms with Gasteiger partial charge in [0.05, 0.1) is 12.8 Å². The van der Waals surface area contributed by atoms with Crippen LogP contribution in [0.25, 0.3) is 0 Å². The van der Waals surface area contributed by atoms with Crippen LogP contribution in [0.3, 0.4) is 0 Å². The van der Waals surface area contributed by atoms with Crippen LogP contribution in [0.4, 0.5) is 11.4 Å². The zero-order valence-corrected chi connectivity index (χ0v) is 15.2. The Bertz CT molecular complexity index is 685. The highest BCUT2D eigenvalue weighted by atomic mass is 16.5. The van der Waals surface area contributed by atoms with E-state index in [1.165, 1.54) is 5.69 Å². The van der Waals surface area contributed by atoms with E-state index in [4.69, 9.17) is 15.2 Å². The quantitative estimate of drug-likeness (QED) is 0.737. The second kappa shape index (κ2) is 8.78. The average molecular weight is 357 g/mol. The molecule has 0 amide bonds. The smallest absolute Gasteiger partial charge is 0.142 e. The molecule has 1 fully saturated rings. The second-order valence-corrected chi connectivity index (χ2v) is 6.49. The summed E-state index contributed by atoms with van der Waals surface area (Å²) in [7, 11) is 1.68. The first kappa shape index (κ1) is 18.4. The number of anilines is 2. The molecule has 2 aromatic rings. The van der Waals surface area contributed by atoms with E-state index in [1.807, 2.05) is 30.3 Å². The van der Waals surface area contributed by atoms with E-state index in [1.54, 1.807) is 13.2 Å². The number of nitrogens with zero attached hydrogens (tertiary/aromatic N) is 2. The summed E-state index contributed by atoms with van der Waals surface area (Å²) in [4.78, 5) is 4.62. The van der Waals surface area contributed by atoms with Crippen molar-refractivity contribution in [1.82, 2.24) is 4.90 Å². The highest BCUT2D eigenvalue weighted by Gasteiger charge is 2.20. The van der Waals surface area contributed by atoms with E-state index in [-0.39, 0.29) is 6.61 Å². The van der Waals surface area contributed by atoms with Crippen molar-refractivity contribution < 1.29 is 14.6 Å². The Hall–Kier alpha value is -2.44. The molecule has 3 rings (SSSR count). The average Bonchev–Trinajstić information content (AvgIpc) is 2.68. The molecule has 1 heterocycles. The van der Waals surface area contributed by atoms with Crippen molar-refractivity contribution >= 4 is 11.4 Å². The number of β-amino-alcohol motifs (C(OH)–C–C–N with tert-alkyl or cyclic N) is 1. The third-order valence-electron chi connectivity index (χ3n) is 4.63. The number of methoxy groups -OCH3 is 1. The standard InChI is InChI=1S/C20H27N3O3/c1-25-18-8-6-16(7-9-18)23-12-10-22(11-13-23)14-17(24)15-26-20-5-3-2-4-19(20)21/h2-9,17,24H,10-15,21H2,1H3. The number of rotatable bonds is 7. The lowest BCUT2D eigenvalue weighted by Gasteiger charge is -2.36. The van der Waals surface area contributed by atoms with Crippen LogP contribution in [0.1, 0.15) is 0 Å². The molecule has 26 heavy (non-hydrogen) atoms. The van der Waals surface area contributed by atoms with Crippen molar-refractivity contribution in [3.63, 3.8) is 0 Å². The van der Waals surface area contributed by atoms with Crippen molar-refractivity contribution in [2.45, 2.75) is 6.10 Å². The monoisotopic (exact) mass is 357 g/mol. The van der Waals surface area contributed by atoms with Crippen molar-refractivity contribution in [2.24, 2.45) is 0 Å². The molecule has 0 saturated carbocycles. The molecule has 2 aromatic carbocycles. The fourth-order valence-electron chi connectivity index (χ4n) is 3.13. The zero-order chi connectivity index (χ0) is 18.4. The number of benzene rings is 2. The lowest BCUT2D eigenvalue weighted by Crippen LogP contribution is -2.49. The van der Waals surface area contributed by atoms with Gasteiger partial charge in [0.15, 0.2) is 0 Å². The third kappa shape index (κ3) is 4.80. The maximum absolute atomic E-state index is 10.3. The molecule has 6 heteroatoms. The Balaban J connectivity index is 1.42. The molecule has 0 spiro atoms. The molecular formula is C20H27N3O3. The van der Waals surface area contributed by atoms with Crippen LogP contribution in [0, 0.1) is 0 Å². The Morgan fingerprint density at radius 3 is 2.38 bits per heavy atom. The minimum atomic E-state index is -0.540. The van der Waals surface area contributed by atoms with Crippen molar-refractivity contribution in [3.8, 4) is 11.5 Å². The summed E-state index contributed by atoms with van der Waals surface area (Å²) in [6, 6.07) is 15.5. The van der Waals surface area contributed by atoms with Gasteiger partial charge in [0.25, 0.3) is 0 Å². The molecule has 0 aliphatic carbocycles. The number of ether oxygens (including phenoxy) is 2. The van der Waals surface area contributed by atoms with E-state index in [0.29, 0.717) is 18.0 Å². The van der Waals surface area contributed by atoms with Crippen molar-refractivity contribution in [2.75, 3.05) is 57.1 Å². The number of aliphatic hydroxyl groups is 1. The van der Waals surface area contributed by atoms with Crippen LogP contribution in [-0.2, 0) is 0 Å². The highest BCUT2D eigenvalue weighted by molar-refractivity contribution is 5.51. The number of piperazine rings is 1. The first-order valence-electron chi connectivity index (χ1n) is 8.92. The van der Waals surface area contributed by atoms with Gasteiger partial charge < -0.3 is 25.2 Å².